The number of aliphatic hydroxyl groups excluding tert-OH is 1. The lowest BCUT2D eigenvalue weighted by atomic mass is 10.1. The van der Waals surface area contributed by atoms with Gasteiger partial charge in [0.25, 0.3) is 5.91 Å². The summed E-state index contributed by atoms with van der Waals surface area (Å²) in [5.41, 5.74) is 0.905. The van der Waals surface area contributed by atoms with E-state index in [0.717, 1.165) is 0 Å². The molecule has 1 unspecified atom stereocenters. The lowest BCUT2D eigenvalue weighted by Gasteiger charge is -2.18. The van der Waals surface area contributed by atoms with Crippen molar-refractivity contribution in [2.45, 2.75) is 13.2 Å². The highest BCUT2D eigenvalue weighted by atomic mass is 16.7. The largest absolute Gasteiger partial charge is 0.367 e. The van der Waals surface area contributed by atoms with Crippen LogP contribution in [0.2, 0.25) is 0 Å². The third-order valence-corrected chi connectivity index (χ3v) is 2.42. The molecule has 1 N–H and O–H groups in total. The summed E-state index contributed by atoms with van der Waals surface area (Å²) in [6.45, 7) is 4.86. The van der Waals surface area contributed by atoms with Crippen LogP contribution < -0.4 is 0 Å². The second kappa shape index (κ2) is 4.03. The highest BCUT2D eigenvalue weighted by Gasteiger charge is 2.38. The summed E-state index contributed by atoms with van der Waals surface area (Å²) in [6.07, 6.45) is -1.26. The molecule has 0 spiro atoms. The molecule has 1 amide bonds. The molecule has 1 heterocycles. The number of carbonyl (C=O) groups excluding carboxylic acids is 2. The van der Waals surface area contributed by atoms with E-state index in [0.29, 0.717) is 16.2 Å². The molecule has 17 heavy (non-hydrogen) atoms. The molecule has 0 fully saturated rings. The number of carbonyl (C=O) groups is 2. The van der Waals surface area contributed by atoms with Gasteiger partial charge in [-0.2, -0.15) is 0 Å². The van der Waals surface area contributed by atoms with Crippen LogP contribution >= 0.6 is 0 Å². The number of hydrogen-bond donors (Lipinski definition) is 1. The number of fused-ring (bicyclic) bond motifs is 1. The number of hydroxylamine groups is 2. The summed E-state index contributed by atoms with van der Waals surface area (Å²) in [6, 6.07) is 6.54. The molecule has 1 aromatic carbocycles. The van der Waals surface area contributed by atoms with Crippen molar-refractivity contribution in [3.8, 4) is 0 Å². The average Bonchev–Trinajstić information content (AvgIpc) is 2.55. The maximum atomic E-state index is 11.8. The molecule has 88 valence electrons. The predicted molar refractivity (Wildman–Crippen MR) is 58.5 cm³/mol. The molecular formula is C12H11NO4. The monoisotopic (exact) mass is 233 g/mol. The van der Waals surface area contributed by atoms with Gasteiger partial charge in [-0.25, -0.2) is 4.79 Å². The van der Waals surface area contributed by atoms with Gasteiger partial charge in [0.2, 0.25) is 0 Å². The Balaban J connectivity index is 2.27. The fourth-order valence-corrected chi connectivity index (χ4v) is 1.53. The summed E-state index contributed by atoms with van der Waals surface area (Å²) in [5.74, 6) is -1.28. The minimum Gasteiger partial charge on any atom is -0.367 e. The molecule has 1 aromatic rings. The van der Waals surface area contributed by atoms with Gasteiger partial charge in [0, 0.05) is 11.1 Å². The Kier molecular flexibility index (Phi) is 2.69. The normalized spacial score (nSPS) is 17.9. The van der Waals surface area contributed by atoms with Crippen molar-refractivity contribution in [1.82, 2.24) is 5.06 Å². The zero-order chi connectivity index (χ0) is 12.6. The summed E-state index contributed by atoms with van der Waals surface area (Å²) in [4.78, 5) is 27.9. The van der Waals surface area contributed by atoms with Crippen LogP contribution in [0, 0.1) is 0 Å². The molecule has 0 saturated heterocycles. The van der Waals surface area contributed by atoms with Crippen LogP contribution in [0.25, 0.3) is 0 Å². The molecular weight excluding hydrogens is 222 g/mol. The van der Waals surface area contributed by atoms with Gasteiger partial charge in [-0.15, -0.1) is 5.06 Å². The summed E-state index contributed by atoms with van der Waals surface area (Å²) in [5, 5.41) is 10.5. The van der Waals surface area contributed by atoms with E-state index in [4.69, 9.17) is 4.84 Å². The Morgan fingerprint density at radius 3 is 2.71 bits per heavy atom. The van der Waals surface area contributed by atoms with E-state index >= 15 is 0 Å². The van der Waals surface area contributed by atoms with Crippen LogP contribution in [-0.4, -0.2) is 22.0 Å². The SMILES string of the molecule is C=C(C)C(=O)ON1C(=O)c2ccccc2C1O. The van der Waals surface area contributed by atoms with E-state index in [2.05, 4.69) is 6.58 Å². The minimum absolute atomic E-state index is 0.154. The molecule has 5 nitrogen and oxygen atoms in total. The van der Waals surface area contributed by atoms with Crippen molar-refractivity contribution >= 4 is 11.9 Å². The maximum Gasteiger partial charge on any atom is 0.358 e. The minimum atomic E-state index is -1.26. The highest BCUT2D eigenvalue weighted by molar-refractivity contribution is 5.99. The van der Waals surface area contributed by atoms with Crippen molar-refractivity contribution in [3.63, 3.8) is 0 Å². The molecule has 0 bridgehead atoms. The van der Waals surface area contributed by atoms with Crippen LogP contribution in [0.4, 0.5) is 0 Å². The van der Waals surface area contributed by atoms with Gasteiger partial charge in [-0.1, -0.05) is 24.8 Å². The van der Waals surface area contributed by atoms with E-state index in [1.165, 1.54) is 6.92 Å². The van der Waals surface area contributed by atoms with Gasteiger partial charge in [-0.05, 0) is 13.0 Å². The van der Waals surface area contributed by atoms with Crippen LogP contribution in [-0.2, 0) is 9.63 Å². The summed E-state index contributed by atoms with van der Waals surface area (Å²) < 4.78 is 0. The average molecular weight is 233 g/mol. The topological polar surface area (TPSA) is 66.8 Å². The molecule has 0 aromatic heterocycles. The molecule has 0 aliphatic carbocycles. The van der Waals surface area contributed by atoms with Crippen LogP contribution in [0.5, 0.6) is 0 Å². The number of benzene rings is 1. The predicted octanol–water partition coefficient (Wildman–Crippen LogP) is 1.17. The lowest BCUT2D eigenvalue weighted by Crippen LogP contribution is -2.31. The Bertz CT molecular complexity index is 509. The fraction of sp³-hybridized carbons (Fsp3) is 0.167. The second-order valence-corrected chi connectivity index (χ2v) is 3.75. The third kappa shape index (κ3) is 1.81. The van der Waals surface area contributed by atoms with Crippen molar-refractivity contribution in [1.29, 1.82) is 0 Å². The molecule has 1 aliphatic rings. The summed E-state index contributed by atoms with van der Waals surface area (Å²) in [7, 11) is 0. The van der Waals surface area contributed by atoms with E-state index in [1.807, 2.05) is 0 Å². The van der Waals surface area contributed by atoms with Crippen molar-refractivity contribution in [2.24, 2.45) is 0 Å². The number of aliphatic hydroxyl groups is 1. The first kappa shape index (κ1) is 11.3. The summed E-state index contributed by atoms with van der Waals surface area (Å²) >= 11 is 0. The van der Waals surface area contributed by atoms with E-state index in [-0.39, 0.29) is 5.57 Å². The van der Waals surface area contributed by atoms with Crippen LogP contribution in [0.3, 0.4) is 0 Å². The number of rotatable bonds is 2. The van der Waals surface area contributed by atoms with Gasteiger partial charge in [0.1, 0.15) is 0 Å². The molecule has 2 rings (SSSR count). The third-order valence-electron chi connectivity index (χ3n) is 2.42. The number of hydrogen-bond acceptors (Lipinski definition) is 4. The van der Waals surface area contributed by atoms with Crippen LogP contribution in [0.15, 0.2) is 36.4 Å². The number of amides is 1. The zero-order valence-corrected chi connectivity index (χ0v) is 9.21. The Morgan fingerprint density at radius 2 is 2.12 bits per heavy atom. The molecule has 5 heteroatoms. The second-order valence-electron chi connectivity index (χ2n) is 3.75. The Hall–Kier alpha value is -2.14. The first-order chi connectivity index (χ1) is 8.02. The molecule has 0 saturated carbocycles. The van der Waals surface area contributed by atoms with E-state index in [9.17, 15) is 14.7 Å². The van der Waals surface area contributed by atoms with Gasteiger partial charge in [0.15, 0.2) is 6.23 Å². The van der Waals surface area contributed by atoms with Gasteiger partial charge in [0.05, 0.1) is 5.56 Å². The smallest absolute Gasteiger partial charge is 0.358 e. The number of nitrogens with zero attached hydrogens (tertiary/aromatic N) is 1. The van der Waals surface area contributed by atoms with Gasteiger partial charge in [-0.3, -0.25) is 4.79 Å². The molecule has 0 radical (unpaired) electrons. The van der Waals surface area contributed by atoms with Crippen molar-refractivity contribution in [3.05, 3.63) is 47.5 Å². The molecule has 1 atom stereocenters. The first-order valence-electron chi connectivity index (χ1n) is 5.00. The quantitative estimate of drug-likeness (QED) is 0.778. The fourth-order valence-electron chi connectivity index (χ4n) is 1.53. The van der Waals surface area contributed by atoms with Gasteiger partial charge < -0.3 is 9.94 Å². The van der Waals surface area contributed by atoms with Crippen LogP contribution in [0.1, 0.15) is 29.1 Å². The lowest BCUT2D eigenvalue weighted by molar-refractivity contribution is -0.203. The van der Waals surface area contributed by atoms with Crippen molar-refractivity contribution < 1.29 is 19.5 Å². The standard InChI is InChI=1S/C12H11NO4/c1-7(2)12(16)17-13-10(14)8-5-3-4-6-9(8)11(13)15/h3-6,10,14H,1H2,2H3. The Labute approximate surface area is 97.9 Å². The highest BCUT2D eigenvalue weighted by Crippen LogP contribution is 2.31. The zero-order valence-electron chi connectivity index (χ0n) is 9.21. The maximum absolute atomic E-state index is 11.8. The van der Waals surface area contributed by atoms with E-state index in [1.54, 1.807) is 24.3 Å². The Morgan fingerprint density at radius 1 is 1.47 bits per heavy atom. The van der Waals surface area contributed by atoms with E-state index < -0.39 is 18.1 Å². The van der Waals surface area contributed by atoms with Crippen molar-refractivity contribution in [2.75, 3.05) is 0 Å². The first-order valence-corrected chi connectivity index (χ1v) is 5.00. The molecule has 1 aliphatic heterocycles. The van der Waals surface area contributed by atoms with Gasteiger partial charge >= 0.3 is 5.97 Å².